The van der Waals surface area contributed by atoms with E-state index in [1.54, 1.807) is 0 Å². The molecule has 2 aromatic rings. The molecule has 2 N–H and O–H groups in total. The molecule has 3 nitrogen and oxygen atoms in total. The lowest BCUT2D eigenvalue weighted by atomic mass is 10.00. The highest BCUT2D eigenvalue weighted by Crippen LogP contribution is 2.35. The van der Waals surface area contributed by atoms with Crippen molar-refractivity contribution in [2.24, 2.45) is 0 Å². The molecule has 2 heterocycles. The quantitative estimate of drug-likeness (QED) is 0.873. The molecule has 1 aliphatic heterocycles. The van der Waals surface area contributed by atoms with E-state index >= 15 is 0 Å². The van der Waals surface area contributed by atoms with E-state index in [9.17, 15) is 0 Å². The van der Waals surface area contributed by atoms with Gasteiger partial charge in [-0.25, -0.2) is 0 Å². The first-order valence-corrected chi connectivity index (χ1v) is 6.70. The highest BCUT2D eigenvalue weighted by molar-refractivity contribution is 5.87. The summed E-state index contributed by atoms with van der Waals surface area (Å²) in [4.78, 5) is 3.53. The molecule has 0 fully saturated rings. The fraction of sp³-hybridized carbons (Fsp3) is 0.467. The third-order valence-corrected chi connectivity index (χ3v) is 3.83. The summed E-state index contributed by atoms with van der Waals surface area (Å²) in [6.07, 6.45) is 2.68. The Balaban J connectivity index is 2.17. The number of aromatic amines is 1. The number of para-hydroxylation sites is 1. The summed E-state index contributed by atoms with van der Waals surface area (Å²) in [5.41, 5.74) is 5.15. The minimum absolute atomic E-state index is 0.0239. The van der Waals surface area contributed by atoms with Crippen molar-refractivity contribution < 1.29 is 9.84 Å². The molecular weight excluding hydrogens is 226 g/mol. The van der Waals surface area contributed by atoms with Gasteiger partial charge in [-0.2, -0.15) is 0 Å². The van der Waals surface area contributed by atoms with Gasteiger partial charge < -0.3 is 14.8 Å². The van der Waals surface area contributed by atoms with E-state index in [0.717, 1.165) is 19.4 Å². The molecule has 0 bridgehead atoms. The van der Waals surface area contributed by atoms with Crippen molar-refractivity contribution in [3.63, 3.8) is 0 Å². The number of aliphatic hydroxyl groups is 1. The minimum atomic E-state index is 0.0239. The summed E-state index contributed by atoms with van der Waals surface area (Å²) in [5.74, 6) is 0. The van der Waals surface area contributed by atoms with Crippen LogP contribution < -0.4 is 0 Å². The molecule has 0 saturated heterocycles. The number of benzene rings is 1. The average Bonchev–Trinajstić information content (AvgIpc) is 2.79. The van der Waals surface area contributed by atoms with Crippen LogP contribution in [0.2, 0.25) is 0 Å². The monoisotopic (exact) mass is 245 g/mol. The Morgan fingerprint density at radius 3 is 3.11 bits per heavy atom. The lowest BCUT2D eigenvalue weighted by Gasteiger charge is -2.22. The van der Waals surface area contributed by atoms with Crippen LogP contribution in [0.1, 0.15) is 36.3 Å². The molecule has 1 atom stereocenters. The maximum atomic E-state index is 9.13. The first kappa shape index (κ1) is 11.8. The molecule has 3 heteroatoms. The summed E-state index contributed by atoms with van der Waals surface area (Å²) < 4.78 is 5.76. The summed E-state index contributed by atoms with van der Waals surface area (Å²) in [6.45, 7) is 3.09. The molecule has 1 aromatic heterocycles. The van der Waals surface area contributed by atoms with Gasteiger partial charge in [0.2, 0.25) is 0 Å². The highest BCUT2D eigenvalue weighted by atomic mass is 16.5. The fourth-order valence-corrected chi connectivity index (χ4v) is 2.92. The summed E-state index contributed by atoms with van der Waals surface area (Å²) >= 11 is 0. The van der Waals surface area contributed by atoms with E-state index < -0.39 is 0 Å². The van der Waals surface area contributed by atoms with Crippen LogP contribution in [0.25, 0.3) is 10.9 Å². The second kappa shape index (κ2) is 4.75. The van der Waals surface area contributed by atoms with Crippen LogP contribution in [0.3, 0.4) is 0 Å². The van der Waals surface area contributed by atoms with Gasteiger partial charge in [0, 0.05) is 29.6 Å². The second-order valence-corrected chi connectivity index (χ2v) is 4.83. The first-order chi connectivity index (χ1) is 8.85. The number of hydrogen-bond acceptors (Lipinski definition) is 2. The Labute approximate surface area is 107 Å². The van der Waals surface area contributed by atoms with Crippen molar-refractivity contribution in [2.45, 2.75) is 32.3 Å². The van der Waals surface area contributed by atoms with Crippen molar-refractivity contribution in [2.75, 3.05) is 13.2 Å². The van der Waals surface area contributed by atoms with Gasteiger partial charge in [-0.05, 0) is 24.0 Å². The van der Waals surface area contributed by atoms with Crippen LogP contribution in [0.4, 0.5) is 0 Å². The van der Waals surface area contributed by atoms with E-state index in [0.29, 0.717) is 6.42 Å². The standard InChI is InChI=1S/C15H19NO2/c1-2-10-4-3-5-11-12-7-9-18-13(6-8-17)15(12)16-14(10)11/h3-5,13,16-17H,2,6-9H2,1H3/t13-/m1/s1. The zero-order valence-electron chi connectivity index (χ0n) is 10.7. The SMILES string of the molecule is CCc1cccc2c3c([nH]c12)[C@@H](CCO)OCC3. The van der Waals surface area contributed by atoms with Crippen molar-refractivity contribution in [1.82, 2.24) is 4.98 Å². The third kappa shape index (κ3) is 1.74. The summed E-state index contributed by atoms with van der Waals surface area (Å²) in [5, 5.41) is 10.5. The van der Waals surface area contributed by atoms with Crippen LogP contribution in [0.15, 0.2) is 18.2 Å². The number of ether oxygens (including phenoxy) is 1. The average molecular weight is 245 g/mol. The number of nitrogens with one attached hydrogen (secondary N) is 1. The molecule has 0 unspecified atom stereocenters. The highest BCUT2D eigenvalue weighted by Gasteiger charge is 2.24. The van der Waals surface area contributed by atoms with E-state index in [1.165, 1.54) is 27.7 Å². The lowest BCUT2D eigenvalue weighted by molar-refractivity contribution is 0.0232. The van der Waals surface area contributed by atoms with E-state index in [-0.39, 0.29) is 12.7 Å². The summed E-state index contributed by atoms with van der Waals surface area (Å²) in [6, 6.07) is 6.49. The number of aryl methyl sites for hydroxylation is 1. The van der Waals surface area contributed by atoms with Gasteiger partial charge in [-0.3, -0.25) is 0 Å². The predicted octanol–water partition coefficient (Wildman–Crippen LogP) is 2.73. The maximum absolute atomic E-state index is 9.13. The van der Waals surface area contributed by atoms with Crippen LogP contribution in [-0.4, -0.2) is 23.3 Å². The zero-order valence-corrected chi connectivity index (χ0v) is 10.7. The van der Waals surface area contributed by atoms with E-state index in [2.05, 4.69) is 30.1 Å². The molecule has 0 aliphatic carbocycles. The largest absolute Gasteiger partial charge is 0.396 e. The van der Waals surface area contributed by atoms with Gasteiger partial charge in [0.05, 0.1) is 12.7 Å². The molecule has 0 amide bonds. The molecule has 18 heavy (non-hydrogen) atoms. The topological polar surface area (TPSA) is 45.2 Å². The number of fused-ring (bicyclic) bond motifs is 3. The molecule has 3 rings (SSSR count). The van der Waals surface area contributed by atoms with Crippen LogP contribution in [0, 0.1) is 0 Å². The van der Waals surface area contributed by atoms with Gasteiger partial charge in [-0.15, -0.1) is 0 Å². The number of H-pyrrole nitrogens is 1. The van der Waals surface area contributed by atoms with Gasteiger partial charge in [0.15, 0.2) is 0 Å². The van der Waals surface area contributed by atoms with Crippen molar-refractivity contribution in [3.05, 3.63) is 35.0 Å². The first-order valence-electron chi connectivity index (χ1n) is 6.70. The summed E-state index contributed by atoms with van der Waals surface area (Å²) in [7, 11) is 0. The Hall–Kier alpha value is -1.32. The maximum Gasteiger partial charge on any atom is 0.0997 e. The van der Waals surface area contributed by atoms with Gasteiger partial charge in [-0.1, -0.05) is 25.1 Å². The van der Waals surface area contributed by atoms with Crippen molar-refractivity contribution in [3.8, 4) is 0 Å². The predicted molar refractivity (Wildman–Crippen MR) is 71.8 cm³/mol. The lowest BCUT2D eigenvalue weighted by Crippen LogP contribution is -2.16. The Kier molecular flexibility index (Phi) is 3.10. The number of aromatic nitrogens is 1. The molecular formula is C15H19NO2. The van der Waals surface area contributed by atoms with Gasteiger partial charge in [0.25, 0.3) is 0 Å². The van der Waals surface area contributed by atoms with Crippen LogP contribution in [0.5, 0.6) is 0 Å². The smallest absolute Gasteiger partial charge is 0.0997 e. The van der Waals surface area contributed by atoms with Gasteiger partial charge >= 0.3 is 0 Å². The molecule has 0 spiro atoms. The number of aliphatic hydroxyl groups excluding tert-OH is 1. The van der Waals surface area contributed by atoms with E-state index in [1.807, 2.05) is 0 Å². The van der Waals surface area contributed by atoms with Gasteiger partial charge in [0.1, 0.15) is 0 Å². The third-order valence-electron chi connectivity index (χ3n) is 3.83. The van der Waals surface area contributed by atoms with Crippen molar-refractivity contribution in [1.29, 1.82) is 0 Å². The van der Waals surface area contributed by atoms with Crippen LogP contribution in [-0.2, 0) is 17.6 Å². The Bertz CT molecular complexity index is 559. The second-order valence-electron chi connectivity index (χ2n) is 4.83. The Morgan fingerprint density at radius 2 is 2.33 bits per heavy atom. The molecule has 96 valence electrons. The zero-order chi connectivity index (χ0) is 12.5. The number of hydrogen-bond donors (Lipinski definition) is 2. The molecule has 0 radical (unpaired) electrons. The molecule has 1 aromatic carbocycles. The normalized spacial score (nSPS) is 19.1. The Morgan fingerprint density at radius 1 is 1.44 bits per heavy atom. The number of rotatable bonds is 3. The fourth-order valence-electron chi connectivity index (χ4n) is 2.92. The minimum Gasteiger partial charge on any atom is -0.396 e. The van der Waals surface area contributed by atoms with E-state index in [4.69, 9.17) is 9.84 Å². The van der Waals surface area contributed by atoms with Crippen LogP contribution >= 0.6 is 0 Å². The van der Waals surface area contributed by atoms with Crippen molar-refractivity contribution >= 4 is 10.9 Å². The molecule has 1 aliphatic rings. The molecule has 0 saturated carbocycles.